The molecule has 1 amide bonds. The molecule has 1 aromatic carbocycles. The maximum Gasteiger partial charge on any atom is 0.256 e. The molecule has 1 aromatic heterocycles. The van der Waals surface area contributed by atoms with Crippen LogP contribution in [0.4, 0.5) is 4.39 Å². The van der Waals surface area contributed by atoms with E-state index in [9.17, 15) is 9.18 Å². The average molecular weight is 337 g/mol. The summed E-state index contributed by atoms with van der Waals surface area (Å²) in [4.78, 5) is 15.3. The van der Waals surface area contributed by atoms with Gasteiger partial charge in [0.1, 0.15) is 5.82 Å². The van der Waals surface area contributed by atoms with Crippen LogP contribution >= 0.6 is 11.3 Å². The molecule has 0 spiro atoms. The molecule has 0 radical (unpaired) electrons. The van der Waals surface area contributed by atoms with E-state index in [1.165, 1.54) is 31.2 Å². The first-order valence-electron chi connectivity index (χ1n) is 7.19. The number of ether oxygens (including phenoxy) is 2. The fourth-order valence-corrected chi connectivity index (χ4v) is 3.09. The molecule has 0 unspecified atom stereocenters. The molecule has 0 fully saturated rings. The number of thiophene rings is 1. The van der Waals surface area contributed by atoms with E-state index in [4.69, 9.17) is 9.47 Å². The zero-order valence-electron chi connectivity index (χ0n) is 13.6. The first-order valence-corrected chi connectivity index (χ1v) is 8.07. The minimum absolute atomic E-state index is 0.0248. The third-order valence-corrected chi connectivity index (χ3v) is 4.66. The van der Waals surface area contributed by atoms with Crippen LogP contribution in [0.5, 0.6) is 11.5 Å². The summed E-state index contributed by atoms with van der Waals surface area (Å²) >= 11 is 1.64. The van der Waals surface area contributed by atoms with Crippen LogP contribution in [-0.2, 0) is 6.42 Å². The second kappa shape index (κ2) is 7.46. The van der Waals surface area contributed by atoms with Crippen molar-refractivity contribution in [2.24, 2.45) is 0 Å². The van der Waals surface area contributed by atoms with E-state index in [0.717, 1.165) is 6.42 Å². The Balaban J connectivity index is 2.21. The predicted octanol–water partition coefficient (Wildman–Crippen LogP) is 3.61. The van der Waals surface area contributed by atoms with Crippen LogP contribution in [0.3, 0.4) is 0 Å². The van der Waals surface area contributed by atoms with Crippen molar-refractivity contribution >= 4 is 17.2 Å². The second-order valence-electron chi connectivity index (χ2n) is 5.24. The molecular formula is C17H20FNO3S. The van der Waals surface area contributed by atoms with Gasteiger partial charge in [0.15, 0.2) is 11.5 Å². The highest BCUT2D eigenvalue weighted by molar-refractivity contribution is 7.09. The lowest BCUT2D eigenvalue weighted by Gasteiger charge is -2.25. The molecule has 0 aliphatic heterocycles. The van der Waals surface area contributed by atoms with Crippen LogP contribution < -0.4 is 9.47 Å². The van der Waals surface area contributed by atoms with Gasteiger partial charge in [-0.2, -0.15) is 0 Å². The van der Waals surface area contributed by atoms with Crippen molar-refractivity contribution in [3.05, 3.63) is 45.9 Å². The van der Waals surface area contributed by atoms with Crippen molar-refractivity contribution in [1.82, 2.24) is 4.90 Å². The Labute approximate surface area is 139 Å². The topological polar surface area (TPSA) is 38.8 Å². The van der Waals surface area contributed by atoms with E-state index in [0.29, 0.717) is 5.75 Å². The molecule has 1 atom stereocenters. The molecule has 2 aromatic rings. The van der Waals surface area contributed by atoms with Crippen molar-refractivity contribution in [2.45, 2.75) is 19.4 Å². The third kappa shape index (κ3) is 3.82. The Kier molecular flexibility index (Phi) is 5.60. The number of nitrogens with zero attached hydrogens (tertiary/aromatic N) is 1. The van der Waals surface area contributed by atoms with Crippen LogP contribution in [-0.4, -0.2) is 38.1 Å². The summed E-state index contributed by atoms with van der Waals surface area (Å²) in [7, 11) is 4.55. The Morgan fingerprint density at radius 1 is 1.30 bits per heavy atom. The number of methoxy groups -OCH3 is 2. The summed E-state index contributed by atoms with van der Waals surface area (Å²) in [6.07, 6.45) is 0.731. The second-order valence-corrected chi connectivity index (χ2v) is 6.27. The number of benzene rings is 1. The molecule has 6 heteroatoms. The SMILES string of the molecule is COc1cc(F)c(C(=O)N(C)[C@@H](C)Cc2cccs2)cc1OC. The van der Waals surface area contributed by atoms with Gasteiger partial charge in [0.05, 0.1) is 19.8 Å². The van der Waals surface area contributed by atoms with Gasteiger partial charge >= 0.3 is 0 Å². The van der Waals surface area contributed by atoms with Crippen molar-refractivity contribution in [3.63, 3.8) is 0 Å². The Hall–Kier alpha value is -2.08. The van der Waals surface area contributed by atoms with Gasteiger partial charge in [-0.1, -0.05) is 6.07 Å². The van der Waals surface area contributed by atoms with Gasteiger partial charge in [-0.3, -0.25) is 4.79 Å². The van der Waals surface area contributed by atoms with Crippen LogP contribution in [0.2, 0.25) is 0 Å². The smallest absolute Gasteiger partial charge is 0.256 e. The zero-order chi connectivity index (χ0) is 17.0. The van der Waals surface area contributed by atoms with E-state index < -0.39 is 5.82 Å². The number of likely N-dealkylation sites (N-methyl/N-ethyl adjacent to an activating group) is 1. The molecule has 0 aliphatic rings. The summed E-state index contributed by atoms with van der Waals surface area (Å²) in [6, 6.07) is 6.50. The van der Waals surface area contributed by atoms with Gasteiger partial charge in [-0.05, 0) is 24.4 Å². The monoisotopic (exact) mass is 337 g/mol. The summed E-state index contributed by atoms with van der Waals surface area (Å²) in [6.45, 7) is 1.94. The molecule has 2 rings (SSSR count). The van der Waals surface area contributed by atoms with E-state index >= 15 is 0 Å². The van der Waals surface area contributed by atoms with E-state index in [-0.39, 0.29) is 23.3 Å². The van der Waals surface area contributed by atoms with E-state index in [1.807, 2.05) is 24.4 Å². The van der Waals surface area contributed by atoms with Crippen molar-refractivity contribution < 1.29 is 18.7 Å². The molecule has 4 nitrogen and oxygen atoms in total. The van der Waals surface area contributed by atoms with Gasteiger partial charge in [0.25, 0.3) is 5.91 Å². The number of amides is 1. The number of halogens is 1. The van der Waals surface area contributed by atoms with Crippen LogP contribution in [0.25, 0.3) is 0 Å². The standard InChI is InChI=1S/C17H20FNO3S/c1-11(8-12-6-5-7-23-12)19(2)17(20)13-9-15(21-3)16(22-4)10-14(13)18/h5-7,9-11H,8H2,1-4H3/t11-/m0/s1. The Bertz CT molecular complexity index is 673. The minimum atomic E-state index is -0.622. The number of rotatable bonds is 6. The number of hydrogen-bond acceptors (Lipinski definition) is 4. The highest BCUT2D eigenvalue weighted by Crippen LogP contribution is 2.30. The highest BCUT2D eigenvalue weighted by Gasteiger charge is 2.23. The summed E-state index contributed by atoms with van der Waals surface area (Å²) in [5, 5.41) is 2.00. The largest absolute Gasteiger partial charge is 0.493 e. The van der Waals surface area contributed by atoms with Gasteiger partial charge in [-0.25, -0.2) is 4.39 Å². The predicted molar refractivity (Wildman–Crippen MR) is 89.1 cm³/mol. The zero-order valence-corrected chi connectivity index (χ0v) is 14.4. The average Bonchev–Trinajstić information content (AvgIpc) is 3.05. The highest BCUT2D eigenvalue weighted by atomic mass is 32.1. The third-order valence-electron chi connectivity index (χ3n) is 3.76. The number of carbonyl (C=O) groups excluding carboxylic acids is 1. The minimum Gasteiger partial charge on any atom is -0.493 e. The quantitative estimate of drug-likeness (QED) is 0.808. The molecule has 0 saturated carbocycles. The fourth-order valence-electron chi connectivity index (χ4n) is 2.27. The van der Waals surface area contributed by atoms with Gasteiger partial charge in [0.2, 0.25) is 0 Å². The molecule has 0 aliphatic carbocycles. The van der Waals surface area contributed by atoms with Crippen molar-refractivity contribution in [3.8, 4) is 11.5 Å². The number of carbonyl (C=O) groups is 1. The lowest BCUT2D eigenvalue weighted by Crippen LogP contribution is -2.36. The first kappa shape index (κ1) is 17.3. The van der Waals surface area contributed by atoms with Crippen LogP contribution in [0.15, 0.2) is 29.6 Å². The molecule has 23 heavy (non-hydrogen) atoms. The van der Waals surface area contributed by atoms with Crippen LogP contribution in [0.1, 0.15) is 22.2 Å². The molecule has 0 bridgehead atoms. The van der Waals surface area contributed by atoms with E-state index in [1.54, 1.807) is 23.3 Å². The molecule has 124 valence electrons. The van der Waals surface area contributed by atoms with Gasteiger partial charge in [-0.15, -0.1) is 11.3 Å². The maximum absolute atomic E-state index is 14.2. The first-order chi connectivity index (χ1) is 11.0. The van der Waals surface area contributed by atoms with Crippen LogP contribution in [0, 0.1) is 5.82 Å². The fraction of sp³-hybridized carbons (Fsp3) is 0.353. The van der Waals surface area contributed by atoms with E-state index in [2.05, 4.69) is 0 Å². The molecule has 1 heterocycles. The molecular weight excluding hydrogens is 317 g/mol. The lowest BCUT2D eigenvalue weighted by atomic mass is 10.1. The molecule has 0 N–H and O–H groups in total. The summed E-state index contributed by atoms with van der Waals surface area (Å²) in [5.74, 6) is -0.414. The van der Waals surface area contributed by atoms with Gasteiger partial charge < -0.3 is 14.4 Å². The Morgan fingerprint density at radius 2 is 1.96 bits per heavy atom. The van der Waals surface area contributed by atoms with Crippen molar-refractivity contribution in [1.29, 1.82) is 0 Å². The normalized spacial score (nSPS) is 11.9. The van der Waals surface area contributed by atoms with Gasteiger partial charge in [0, 0.05) is 30.5 Å². The maximum atomic E-state index is 14.2. The Morgan fingerprint density at radius 3 is 2.52 bits per heavy atom. The summed E-state index contributed by atoms with van der Waals surface area (Å²) < 4.78 is 24.4. The lowest BCUT2D eigenvalue weighted by molar-refractivity contribution is 0.0738. The number of hydrogen-bond donors (Lipinski definition) is 0. The van der Waals surface area contributed by atoms with Crippen molar-refractivity contribution in [2.75, 3.05) is 21.3 Å². The summed E-state index contributed by atoms with van der Waals surface area (Å²) in [5.41, 5.74) is -0.0248. The molecule has 0 saturated heterocycles.